The lowest BCUT2D eigenvalue weighted by atomic mass is 10.2. The minimum Gasteiger partial charge on any atom is -0.493 e. The number of aromatic nitrogens is 2. The lowest BCUT2D eigenvalue weighted by Crippen LogP contribution is -2.20. The molecule has 8 nitrogen and oxygen atoms in total. The number of amides is 1. The molecule has 0 radical (unpaired) electrons. The maximum atomic E-state index is 12.8. The Labute approximate surface area is 204 Å². The standard InChI is InChI=1S/C24H21ClN4O4S/c1-14-15(2)34-23-22(14)24(31)29(13-26-23)27-11-16-8-9-19(20(10-16)32-3)33-12-21(30)28-18-7-5-4-6-17(18)25/h4-11,13H,12H2,1-3H3,(H,28,30)/b27-11+. The van der Waals surface area contributed by atoms with Gasteiger partial charge in [-0.3, -0.25) is 9.59 Å². The molecule has 10 heteroatoms. The Morgan fingerprint density at radius 3 is 2.79 bits per heavy atom. The zero-order valence-electron chi connectivity index (χ0n) is 18.7. The van der Waals surface area contributed by atoms with Crippen LogP contribution in [0.3, 0.4) is 0 Å². The molecular formula is C24H21ClN4O4S. The third kappa shape index (κ3) is 4.95. The Morgan fingerprint density at radius 2 is 2.03 bits per heavy atom. The van der Waals surface area contributed by atoms with E-state index in [4.69, 9.17) is 21.1 Å². The molecule has 2 heterocycles. The lowest BCUT2D eigenvalue weighted by molar-refractivity contribution is -0.118. The molecule has 1 amide bonds. The summed E-state index contributed by atoms with van der Waals surface area (Å²) in [6.45, 7) is 3.64. The normalized spacial score (nSPS) is 11.2. The number of anilines is 1. The fraction of sp³-hybridized carbons (Fsp3) is 0.167. The van der Waals surface area contributed by atoms with Gasteiger partial charge in [0.25, 0.3) is 11.5 Å². The third-order valence-electron chi connectivity index (χ3n) is 5.10. The van der Waals surface area contributed by atoms with Gasteiger partial charge in [0.2, 0.25) is 0 Å². The van der Waals surface area contributed by atoms with Crippen molar-refractivity contribution in [3.8, 4) is 11.5 Å². The maximum absolute atomic E-state index is 12.8. The van der Waals surface area contributed by atoms with Crippen LogP contribution in [0.2, 0.25) is 5.02 Å². The van der Waals surface area contributed by atoms with E-state index in [0.29, 0.717) is 38.0 Å². The first kappa shape index (κ1) is 23.5. The summed E-state index contributed by atoms with van der Waals surface area (Å²) in [4.78, 5) is 31.1. The van der Waals surface area contributed by atoms with Gasteiger partial charge in [0.15, 0.2) is 18.1 Å². The first-order chi connectivity index (χ1) is 16.4. The Kier molecular flexibility index (Phi) is 6.95. The molecule has 34 heavy (non-hydrogen) atoms. The summed E-state index contributed by atoms with van der Waals surface area (Å²) in [5, 5.41) is 7.98. The Hall–Kier alpha value is -3.69. The first-order valence-electron chi connectivity index (χ1n) is 10.2. The monoisotopic (exact) mass is 496 g/mol. The van der Waals surface area contributed by atoms with Crippen LogP contribution in [0.15, 0.2) is 58.7 Å². The maximum Gasteiger partial charge on any atom is 0.282 e. The van der Waals surface area contributed by atoms with Gasteiger partial charge in [-0.1, -0.05) is 23.7 Å². The number of hydrogen-bond donors (Lipinski definition) is 1. The molecule has 1 N–H and O–H groups in total. The SMILES string of the molecule is COc1cc(/C=N/n2cnc3sc(C)c(C)c3c2=O)ccc1OCC(=O)Nc1ccccc1Cl. The minimum absolute atomic E-state index is 0.223. The van der Waals surface area contributed by atoms with Gasteiger partial charge in [-0.15, -0.1) is 11.3 Å². The molecule has 174 valence electrons. The van der Waals surface area contributed by atoms with E-state index in [1.165, 1.54) is 35.7 Å². The smallest absolute Gasteiger partial charge is 0.282 e. The molecular weight excluding hydrogens is 476 g/mol. The third-order valence-corrected chi connectivity index (χ3v) is 6.54. The predicted octanol–water partition coefficient (Wildman–Crippen LogP) is 4.64. The summed E-state index contributed by atoms with van der Waals surface area (Å²) < 4.78 is 12.2. The number of hydrogen-bond acceptors (Lipinski definition) is 7. The van der Waals surface area contributed by atoms with Gasteiger partial charge < -0.3 is 14.8 Å². The topological polar surface area (TPSA) is 94.8 Å². The lowest BCUT2D eigenvalue weighted by Gasteiger charge is -2.12. The number of nitrogens with one attached hydrogen (secondary N) is 1. The summed E-state index contributed by atoms with van der Waals surface area (Å²) in [6.07, 6.45) is 2.93. The molecule has 0 saturated heterocycles. The van der Waals surface area contributed by atoms with Crippen molar-refractivity contribution in [3.63, 3.8) is 0 Å². The van der Waals surface area contributed by atoms with E-state index in [2.05, 4.69) is 15.4 Å². The predicted molar refractivity (Wildman–Crippen MR) is 135 cm³/mol. The molecule has 0 bridgehead atoms. The van der Waals surface area contributed by atoms with E-state index in [1.807, 2.05) is 13.8 Å². The molecule has 4 rings (SSSR count). The molecule has 4 aromatic rings. The second-order valence-electron chi connectivity index (χ2n) is 7.33. The number of ether oxygens (including phenoxy) is 2. The number of fused-ring (bicyclic) bond motifs is 1. The van der Waals surface area contributed by atoms with Gasteiger partial charge in [0.1, 0.15) is 11.2 Å². The van der Waals surface area contributed by atoms with Crippen LogP contribution in [0.4, 0.5) is 5.69 Å². The average molecular weight is 497 g/mol. The fourth-order valence-electron chi connectivity index (χ4n) is 3.21. The number of methoxy groups -OCH3 is 1. The van der Waals surface area contributed by atoms with Crippen LogP contribution in [0.25, 0.3) is 10.2 Å². The number of nitrogens with zero attached hydrogens (tertiary/aromatic N) is 3. The number of rotatable bonds is 7. The van der Waals surface area contributed by atoms with Crippen LogP contribution >= 0.6 is 22.9 Å². The van der Waals surface area contributed by atoms with Crippen molar-refractivity contribution in [3.05, 3.63) is 80.2 Å². The number of benzene rings is 2. The molecule has 0 unspecified atom stereocenters. The zero-order valence-corrected chi connectivity index (χ0v) is 20.2. The Morgan fingerprint density at radius 1 is 1.24 bits per heavy atom. The molecule has 0 fully saturated rings. The van der Waals surface area contributed by atoms with Gasteiger partial charge in [-0.2, -0.15) is 9.78 Å². The van der Waals surface area contributed by atoms with Crippen molar-refractivity contribution in [2.45, 2.75) is 13.8 Å². The van der Waals surface area contributed by atoms with E-state index in [9.17, 15) is 9.59 Å². The Balaban J connectivity index is 1.47. The first-order valence-corrected chi connectivity index (χ1v) is 11.4. The summed E-state index contributed by atoms with van der Waals surface area (Å²) in [7, 11) is 1.50. The molecule has 2 aromatic carbocycles. The number of halogens is 1. The zero-order chi connectivity index (χ0) is 24.2. The van der Waals surface area contributed by atoms with E-state index in [1.54, 1.807) is 42.5 Å². The van der Waals surface area contributed by atoms with Gasteiger partial charge in [-0.05, 0) is 55.3 Å². The van der Waals surface area contributed by atoms with Crippen LogP contribution in [-0.4, -0.2) is 35.5 Å². The van der Waals surface area contributed by atoms with Gasteiger partial charge in [0.05, 0.1) is 29.4 Å². The highest BCUT2D eigenvalue weighted by molar-refractivity contribution is 7.18. The van der Waals surface area contributed by atoms with Crippen molar-refractivity contribution in [2.24, 2.45) is 5.10 Å². The second kappa shape index (κ2) is 10.1. The van der Waals surface area contributed by atoms with Crippen molar-refractivity contribution in [1.29, 1.82) is 0 Å². The summed E-state index contributed by atoms with van der Waals surface area (Å²) in [6, 6.07) is 12.0. The molecule has 0 atom stereocenters. The molecule has 0 spiro atoms. The van der Waals surface area contributed by atoms with E-state index in [-0.39, 0.29) is 18.1 Å². The van der Waals surface area contributed by atoms with Crippen LogP contribution in [0, 0.1) is 13.8 Å². The summed E-state index contributed by atoms with van der Waals surface area (Å²) >= 11 is 7.55. The van der Waals surface area contributed by atoms with E-state index < -0.39 is 0 Å². The highest BCUT2D eigenvalue weighted by Gasteiger charge is 2.12. The highest BCUT2D eigenvalue weighted by atomic mass is 35.5. The van der Waals surface area contributed by atoms with E-state index >= 15 is 0 Å². The molecule has 0 aliphatic rings. The van der Waals surface area contributed by atoms with Crippen molar-refractivity contribution >= 4 is 51.0 Å². The summed E-state index contributed by atoms with van der Waals surface area (Å²) in [5.41, 5.74) is 1.88. The van der Waals surface area contributed by atoms with Gasteiger partial charge >= 0.3 is 0 Å². The van der Waals surface area contributed by atoms with Crippen LogP contribution < -0.4 is 20.3 Å². The van der Waals surface area contributed by atoms with Crippen molar-refractivity contribution in [1.82, 2.24) is 9.66 Å². The number of thiophene rings is 1. The second-order valence-corrected chi connectivity index (χ2v) is 8.94. The number of aryl methyl sites for hydroxylation is 2. The number of para-hydroxylation sites is 1. The molecule has 2 aromatic heterocycles. The minimum atomic E-state index is -0.359. The Bertz CT molecular complexity index is 1460. The average Bonchev–Trinajstić information content (AvgIpc) is 3.13. The van der Waals surface area contributed by atoms with Crippen LogP contribution in [0.5, 0.6) is 11.5 Å². The fourth-order valence-corrected chi connectivity index (χ4v) is 4.38. The quantitative estimate of drug-likeness (QED) is 0.376. The molecule has 0 aliphatic heterocycles. The molecule has 0 aliphatic carbocycles. The largest absolute Gasteiger partial charge is 0.493 e. The van der Waals surface area contributed by atoms with Crippen LogP contribution in [-0.2, 0) is 4.79 Å². The van der Waals surface area contributed by atoms with Gasteiger partial charge in [-0.25, -0.2) is 4.98 Å². The number of carbonyl (C=O) groups is 1. The van der Waals surface area contributed by atoms with Crippen LogP contribution in [0.1, 0.15) is 16.0 Å². The number of carbonyl (C=O) groups excluding carboxylic acids is 1. The van der Waals surface area contributed by atoms with Gasteiger partial charge in [0, 0.05) is 4.88 Å². The van der Waals surface area contributed by atoms with Crippen molar-refractivity contribution < 1.29 is 14.3 Å². The molecule has 0 saturated carbocycles. The van der Waals surface area contributed by atoms with E-state index in [0.717, 1.165) is 10.4 Å². The highest BCUT2D eigenvalue weighted by Crippen LogP contribution is 2.28. The van der Waals surface area contributed by atoms with Crippen molar-refractivity contribution in [2.75, 3.05) is 19.0 Å². The summed E-state index contributed by atoms with van der Waals surface area (Å²) in [5.74, 6) is 0.445.